The van der Waals surface area contributed by atoms with Gasteiger partial charge in [-0.3, -0.25) is 4.79 Å². The number of hydrogen-bond donors (Lipinski definition) is 2. The molecular weight excluding hydrogens is 392 g/mol. The van der Waals surface area contributed by atoms with Gasteiger partial charge >= 0.3 is 6.18 Å². The molecule has 2 N–H and O–H groups in total. The van der Waals surface area contributed by atoms with Gasteiger partial charge < -0.3 is 14.8 Å². The third kappa shape index (κ3) is 2.83. The van der Waals surface area contributed by atoms with Gasteiger partial charge in [-0.1, -0.05) is 0 Å². The molecule has 0 atom stereocenters. The van der Waals surface area contributed by atoms with Gasteiger partial charge in [0.1, 0.15) is 5.52 Å². The number of rotatable bonds is 3. The Labute approximate surface area is 161 Å². The number of aromatic hydroxyl groups is 1. The lowest BCUT2D eigenvalue weighted by molar-refractivity contribution is -0.137. The first kappa shape index (κ1) is 18.0. The summed E-state index contributed by atoms with van der Waals surface area (Å²) < 4.78 is 58.6. The topological polar surface area (TPSA) is 75.4 Å². The van der Waals surface area contributed by atoms with Crippen LogP contribution in [0.3, 0.4) is 0 Å². The molecule has 29 heavy (non-hydrogen) atoms. The maximum atomic E-state index is 14.2. The van der Waals surface area contributed by atoms with Crippen molar-refractivity contribution in [3.8, 4) is 17.2 Å². The first-order valence-corrected chi connectivity index (χ1v) is 8.97. The number of amides is 1. The molecule has 2 aromatic carbocycles. The number of benzene rings is 2. The molecule has 0 radical (unpaired) electrons. The zero-order chi connectivity index (χ0) is 20.6. The lowest BCUT2D eigenvalue weighted by Crippen LogP contribution is -2.68. The number of halogens is 4. The van der Waals surface area contributed by atoms with Gasteiger partial charge in [-0.2, -0.15) is 13.2 Å². The van der Waals surface area contributed by atoms with Crippen LogP contribution in [0.5, 0.6) is 5.75 Å². The minimum atomic E-state index is -4.78. The van der Waals surface area contributed by atoms with Crippen molar-refractivity contribution in [1.29, 1.82) is 0 Å². The Balaban J connectivity index is 1.50. The number of carbonyl (C=O) groups excluding carboxylic acids is 1. The van der Waals surface area contributed by atoms with Crippen LogP contribution in [0, 0.1) is 11.7 Å². The molecule has 3 aliphatic rings. The fourth-order valence-electron chi connectivity index (χ4n) is 4.06. The van der Waals surface area contributed by atoms with E-state index in [-0.39, 0.29) is 22.5 Å². The second-order valence-electron chi connectivity index (χ2n) is 7.77. The summed E-state index contributed by atoms with van der Waals surface area (Å²) in [5.74, 6) is -2.41. The molecule has 150 valence electrons. The van der Waals surface area contributed by atoms with Crippen molar-refractivity contribution in [3.05, 3.63) is 47.3 Å². The fraction of sp³-hybridized carbons (Fsp3) is 0.300. The molecule has 3 saturated carbocycles. The Morgan fingerprint density at radius 1 is 1.21 bits per heavy atom. The van der Waals surface area contributed by atoms with Crippen molar-refractivity contribution >= 4 is 17.0 Å². The van der Waals surface area contributed by atoms with Crippen LogP contribution in [0.2, 0.25) is 0 Å². The summed E-state index contributed by atoms with van der Waals surface area (Å²) in [5.41, 5.74) is -1.25. The van der Waals surface area contributed by atoms with Crippen LogP contribution in [0.25, 0.3) is 22.6 Å². The van der Waals surface area contributed by atoms with E-state index in [2.05, 4.69) is 10.3 Å². The van der Waals surface area contributed by atoms with Gasteiger partial charge in [0.15, 0.2) is 17.1 Å². The van der Waals surface area contributed by atoms with E-state index < -0.39 is 34.8 Å². The number of carbonyl (C=O) groups is 1. The van der Waals surface area contributed by atoms with Gasteiger partial charge in [-0.25, -0.2) is 9.37 Å². The normalized spacial score (nSPS) is 22.8. The number of aromatic nitrogens is 1. The van der Waals surface area contributed by atoms with E-state index in [0.29, 0.717) is 23.6 Å². The second kappa shape index (κ2) is 5.71. The highest BCUT2D eigenvalue weighted by Gasteiger charge is 2.57. The molecule has 6 rings (SSSR count). The Hall–Kier alpha value is -3.10. The van der Waals surface area contributed by atoms with E-state index in [1.54, 1.807) is 0 Å². The summed E-state index contributed by atoms with van der Waals surface area (Å²) in [7, 11) is 0. The zero-order valence-electron chi connectivity index (χ0n) is 14.8. The van der Waals surface area contributed by atoms with Gasteiger partial charge in [0.05, 0.1) is 11.1 Å². The van der Waals surface area contributed by atoms with Crippen LogP contribution < -0.4 is 5.32 Å². The standard InChI is InChI=1S/C20H14F4N2O3/c21-16-12(4-11(5-14(16)27)20(22,23)24)18-25-13-3-10(1-2-15(13)29-18)17(28)26-19-6-9(7-19)8-19/h1-5,9,27H,6-8H2,(H,26,28). The molecule has 0 spiro atoms. The molecule has 1 aromatic heterocycles. The molecule has 9 heteroatoms. The first-order valence-electron chi connectivity index (χ1n) is 8.97. The average molecular weight is 406 g/mol. The van der Waals surface area contributed by atoms with Crippen molar-refractivity contribution in [1.82, 2.24) is 10.3 Å². The van der Waals surface area contributed by atoms with Gasteiger partial charge in [0, 0.05) is 11.1 Å². The lowest BCUT2D eigenvalue weighted by atomic mass is 9.50. The second-order valence-corrected chi connectivity index (χ2v) is 7.77. The molecule has 1 amide bonds. The van der Waals surface area contributed by atoms with E-state index in [1.165, 1.54) is 18.2 Å². The van der Waals surface area contributed by atoms with Crippen molar-refractivity contribution in [2.24, 2.45) is 5.92 Å². The SMILES string of the molecule is O=C(NC12CC(C1)C2)c1ccc2oc(-c3cc(C(F)(F)F)cc(O)c3F)nc2c1. The molecule has 3 fully saturated rings. The number of oxazole rings is 1. The maximum absolute atomic E-state index is 14.2. The summed E-state index contributed by atoms with van der Waals surface area (Å²) in [5, 5.41) is 12.5. The Kier molecular flexibility index (Phi) is 3.54. The van der Waals surface area contributed by atoms with Gasteiger partial charge in [0.2, 0.25) is 5.89 Å². The van der Waals surface area contributed by atoms with Crippen LogP contribution in [0.15, 0.2) is 34.7 Å². The number of phenols is 1. The minimum Gasteiger partial charge on any atom is -0.505 e. The fourth-order valence-corrected chi connectivity index (χ4v) is 4.06. The van der Waals surface area contributed by atoms with E-state index in [0.717, 1.165) is 19.3 Å². The highest BCUT2D eigenvalue weighted by atomic mass is 19.4. The molecule has 0 aliphatic heterocycles. The molecule has 1 heterocycles. The van der Waals surface area contributed by atoms with Crippen LogP contribution in [-0.4, -0.2) is 21.5 Å². The van der Waals surface area contributed by atoms with Crippen molar-refractivity contribution in [3.63, 3.8) is 0 Å². The number of fused-ring (bicyclic) bond motifs is 1. The van der Waals surface area contributed by atoms with Crippen LogP contribution in [-0.2, 0) is 6.18 Å². The van der Waals surface area contributed by atoms with Crippen molar-refractivity contribution in [2.75, 3.05) is 0 Å². The monoisotopic (exact) mass is 406 g/mol. The largest absolute Gasteiger partial charge is 0.505 e. The van der Waals surface area contributed by atoms with Crippen molar-refractivity contribution < 1.29 is 31.9 Å². The van der Waals surface area contributed by atoms with Crippen LogP contribution in [0.4, 0.5) is 17.6 Å². The van der Waals surface area contributed by atoms with E-state index in [9.17, 15) is 27.5 Å². The quantitative estimate of drug-likeness (QED) is 0.622. The molecule has 5 nitrogen and oxygen atoms in total. The van der Waals surface area contributed by atoms with E-state index >= 15 is 0 Å². The summed E-state index contributed by atoms with van der Waals surface area (Å²) in [4.78, 5) is 16.5. The lowest BCUT2D eigenvalue weighted by Gasteiger charge is -2.61. The Bertz CT molecular complexity index is 1150. The Morgan fingerprint density at radius 2 is 1.93 bits per heavy atom. The van der Waals surface area contributed by atoms with Crippen molar-refractivity contribution in [2.45, 2.75) is 31.0 Å². The van der Waals surface area contributed by atoms with Gasteiger partial charge in [-0.15, -0.1) is 0 Å². The zero-order valence-corrected chi connectivity index (χ0v) is 14.8. The van der Waals surface area contributed by atoms with Gasteiger partial charge in [-0.05, 0) is 55.5 Å². The maximum Gasteiger partial charge on any atom is 0.416 e. The van der Waals surface area contributed by atoms with Crippen LogP contribution in [0.1, 0.15) is 35.2 Å². The summed E-state index contributed by atoms with van der Waals surface area (Å²) in [6.07, 6.45) is -1.84. The third-order valence-corrected chi connectivity index (χ3v) is 5.68. The Morgan fingerprint density at radius 3 is 2.55 bits per heavy atom. The summed E-state index contributed by atoms with van der Waals surface area (Å²) in [6.45, 7) is 0. The predicted octanol–water partition coefficient (Wildman–Crippen LogP) is 4.64. The molecular formula is C20H14F4N2O3. The minimum absolute atomic E-state index is 0.107. The number of nitrogens with zero attached hydrogens (tertiary/aromatic N) is 1. The number of alkyl halides is 3. The molecule has 3 aromatic rings. The van der Waals surface area contributed by atoms with Crippen LogP contribution >= 0.6 is 0 Å². The molecule has 3 aliphatic carbocycles. The smallest absolute Gasteiger partial charge is 0.416 e. The molecule has 0 saturated heterocycles. The number of nitrogens with one attached hydrogen (secondary N) is 1. The summed E-state index contributed by atoms with van der Waals surface area (Å²) in [6, 6.07) is 5.23. The number of phenolic OH excluding ortho intramolecular Hbond substituents is 1. The molecule has 2 bridgehead atoms. The first-order chi connectivity index (χ1) is 13.6. The number of hydrogen-bond acceptors (Lipinski definition) is 4. The van der Waals surface area contributed by atoms with E-state index in [4.69, 9.17) is 4.42 Å². The predicted molar refractivity (Wildman–Crippen MR) is 93.6 cm³/mol. The van der Waals surface area contributed by atoms with E-state index in [1.807, 2.05) is 0 Å². The highest BCUT2D eigenvalue weighted by molar-refractivity contribution is 5.98. The molecule has 0 unspecified atom stereocenters. The van der Waals surface area contributed by atoms with Gasteiger partial charge in [0.25, 0.3) is 5.91 Å². The highest BCUT2D eigenvalue weighted by Crippen LogP contribution is 2.57. The summed E-state index contributed by atoms with van der Waals surface area (Å²) >= 11 is 0. The average Bonchev–Trinajstić information content (AvgIpc) is 3.01. The third-order valence-electron chi connectivity index (χ3n) is 5.68.